The molecule has 3 rings (SSSR count). The smallest absolute Gasteiger partial charge is 0.392 e. The number of rotatable bonds is 8. The van der Waals surface area contributed by atoms with E-state index in [0.717, 1.165) is 44.2 Å². The SMILES string of the molecule is CCCC(CCC)N[C@@H]1CC[C@@](C(=O)N2Cc3cc(C(F)(F)F)ccc3C(O)C2)([C@H](C)O)C1. The van der Waals surface area contributed by atoms with Crippen LogP contribution in [0.25, 0.3) is 0 Å². The molecule has 0 bridgehead atoms. The Bertz CT molecular complexity index is 824. The zero-order valence-electron chi connectivity index (χ0n) is 19.8. The third-order valence-corrected chi connectivity index (χ3v) is 7.39. The van der Waals surface area contributed by atoms with Crippen LogP contribution in [0.4, 0.5) is 13.2 Å². The Hall–Kier alpha value is -1.64. The topological polar surface area (TPSA) is 72.8 Å². The number of hydrogen-bond acceptors (Lipinski definition) is 4. The molecule has 0 spiro atoms. The van der Waals surface area contributed by atoms with Crippen molar-refractivity contribution >= 4 is 5.91 Å². The summed E-state index contributed by atoms with van der Waals surface area (Å²) >= 11 is 0. The van der Waals surface area contributed by atoms with Crippen LogP contribution in [0.2, 0.25) is 0 Å². The molecule has 3 N–H and O–H groups in total. The lowest BCUT2D eigenvalue weighted by molar-refractivity contribution is -0.151. The number of β-amino-alcohol motifs (C(OH)–C–C–N with tert-alkyl or cyclic N) is 1. The van der Waals surface area contributed by atoms with E-state index >= 15 is 0 Å². The average molecular weight is 471 g/mol. The number of benzene rings is 1. The first-order valence-electron chi connectivity index (χ1n) is 12.1. The van der Waals surface area contributed by atoms with E-state index in [9.17, 15) is 28.2 Å². The molecule has 0 aromatic heterocycles. The minimum absolute atomic E-state index is 0.00396. The largest absolute Gasteiger partial charge is 0.416 e. The highest BCUT2D eigenvalue weighted by molar-refractivity contribution is 5.84. The number of halogens is 3. The molecule has 33 heavy (non-hydrogen) atoms. The van der Waals surface area contributed by atoms with Crippen molar-refractivity contribution in [2.45, 2.75) is 103 Å². The fourth-order valence-electron chi connectivity index (χ4n) is 5.60. The van der Waals surface area contributed by atoms with Crippen LogP contribution in [-0.2, 0) is 17.5 Å². The van der Waals surface area contributed by atoms with E-state index in [2.05, 4.69) is 19.2 Å². The number of hydrogen-bond donors (Lipinski definition) is 3. The highest BCUT2D eigenvalue weighted by Gasteiger charge is 2.51. The number of nitrogens with zero attached hydrogens (tertiary/aromatic N) is 1. The van der Waals surface area contributed by atoms with Crippen molar-refractivity contribution in [2.75, 3.05) is 6.54 Å². The fraction of sp³-hybridized carbons (Fsp3) is 0.720. The van der Waals surface area contributed by atoms with Gasteiger partial charge in [-0.05, 0) is 62.3 Å². The van der Waals surface area contributed by atoms with Gasteiger partial charge in [-0.1, -0.05) is 32.8 Å². The van der Waals surface area contributed by atoms with Gasteiger partial charge in [-0.15, -0.1) is 0 Å². The van der Waals surface area contributed by atoms with Crippen LogP contribution >= 0.6 is 0 Å². The molecule has 1 aromatic rings. The molecule has 2 aliphatic rings. The predicted molar refractivity (Wildman–Crippen MR) is 120 cm³/mol. The molecule has 5 nitrogen and oxygen atoms in total. The maximum absolute atomic E-state index is 13.7. The van der Waals surface area contributed by atoms with Crippen molar-refractivity contribution in [3.05, 3.63) is 34.9 Å². The molecule has 1 aliphatic carbocycles. The quantitative estimate of drug-likeness (QED) is 0.521. The Morgan fingerprint density at radius 3 is 2.52 bits per heavy atom. The summed E-state index contributed by atoms with van der Waals surface area (Å²) in [6.45, 7) is 5.92. The fourth-order valence-corrected chi connectivity index (χ4v) is 5.60. The van der Waals surface area contributed by atoms with Crippen molar-refractivity contribution in [2.24, 2.45) is 5.41 Å². The lowest BCUT2D eigenvalue weighted by Gasteiger charge is -2.40. The van der Waals surface area contributed by atoms with Gasteiger partial charge < -0.3 is 20.4 Å². The van der Waals surface area contributed by atoms with E-state index < -0.39 is 29.4 Å². The molecule has 1 amide bonds. The van der Waals surface area contributed by atoms with Crippen LogP contribution < -0.4 is 5.32 Å². The molecule has 0 radical (unpaired) electrons. The third kappa shape index (κ3) is 5.54. The molecule has 0 saturated heterocycles. The van der Waals surface area contributed by atoms with Gasteiger partial charge in [-0.3, -0.25) is 4.79 Å². The maximum atomic E-state index is 13.7. The summed E-state index contributed by atoms with van der Waals surface area (Å²) < 4.78 is 39.6. The molecular formula is C25H37F3N2O3. The number of amides is 1. The Kier molecular flexibility index (Phi) is 8.12. The molecular weight excluding hydrogens is 433 g/mol. The van der Waals surface area contributed by atoms with Gasteiger partial charge in [0.2, 0.25) is 5.91 Å². The second-order valence-corrected chi connectivity index (χ2v) is 9.83. The minimum Gasteiger partial charge on any atom is -0.392 e. The highest BCUT2D eigenvalue weighted by atomic mass is 19.4. The first-order chi connectivity index (χ1) is 15.5. The van der Waals surface area contributed by atoms with Crippen LogP contribution in [0.3, 0.4) is 0 Å². The normalized spacial score (nSPS) is 26.5. The molecule has 1 unspecified atom stereocenters. The van der Waals surface area contributed by atoms with Crippen LogP contribution in [0.5, 0.6) is 0 Å². The lowest BCUT2D eigenvalue weighted by Crippen LogP contribution is -2.51. The van der Waals surface area contributed by atoms with Gasteiger partial charge in [0.05, 0.1) is 29.7 Å². The molecule has 1 aliphatic heterocycles. The van der Waals surface area contributed by atoms with Crippen molar-refractivity contribution in [1.82, 2.24) is 10.2 Å². The number of alkyl halides is 3. The highest BCUT2D eigenvalue weighted by Crippen LogP contribution is 2.45. The van der Waals surface area contributed by atoms with Crippen LogP contribution in [0, 0.1) is 5.41 Å². The van der Waals surface area contributed by atoms with Gasteiger partial charge in [0.25, 0.3) is 0 Å². The average Bonchev–Trinajstić information content (AvgIpc) is 3.17. The van der Waals surface area contributed by atoms with Gasteiger partial charge in [0.15, 0.2) is 0 Å². The van der Waals surface area contributed by atoms with Crippen LogP contribution in [0.15, 0.2) is 18.2 Å². The summed E-state index contributed by atoms with van der Waals surface area (Å²) in [6.07, 6.45) is -0.466. The summed E-state index contributed by atoms with van der Waals surface area (Å²) in [5, 5.41) is 24.9. The standard InChI is InChI=1S/C25H37F3N2O3/c1-4-6-19(7-5-2)29-20-10-11-24(13-20,16(3)31)23(33)30-14-17-12-18(25(26,27)28)8-9-21(17)22(32)15-30/h8-9,12,16,19-20,22,29,31-32H,4-7,10-11,13-15H2,1-3H3/t16-,20+,22?,24-/m0/s1. The molecule has 1 saturated carbocycles. The van der Waals surface area contributed by atoms with E-state index in [1.54, 1.807) is 6.92 Å². The lowest BCUT2D eigenvalue weighted by atomic mass is 9.78. The van der Waals surface area contributed by atoms with Crippen molar-refractivity contribution < 1.29 is 28.2 Å². The number of aliphatic hydroxyl groups excluding tert-OH is 2. The second-order valence-electron chi connectivity index (χ2n) is 9.83. The molecule has 1 aromatic carbocycles. The predicted octanol–water partition coefficient (Wildman–Crippen LogP) is 4.56. The van der Waals surface area contributed by atoms with Gasteiger partial charge in [0, 0.05) is 18.6 Å². The van der Waals surface area contributed by atoms with Gasteiger partial charge >= 0.3 is 6.18 Å². The zero-order valence-corrected chi connectivity index (χ0v) is 19.8. The van der Waals surface area contributed by atoms with Crippen molar-refractivity contribution in [3.8, 4) is 0 Å². The number of carbonyl (C=O) groups is 1. The summed E-state index contributed by atoms with van der Waals surface area (Å²) in [4.78, 5) is 15.1. The van der Waals surface area contributed by atoms with Crippen molar-refractivity contribution in [3.63, 3.8) is 0 Å². The number of aliphatic hydroxyl groups is 2. The summed E-state index contributed by atoms with van der Waals surface area (Å²) in [6, 6.07) is 3.76. The van der Waals surface area contributed by atoms with E-state index in [1.807, 2.05) is 0 Å². The van der Waals surface area contributed by atoms with Gasteiger partial charge in [-0.25, -0.2) is 0 Å². The van der Waals surface area contributed by atoms with Gasteiger partial charge in [0.1, 0.15) is 0 Å². The van der Waals surface area contributed by atoms with Crippen molar-refractivity contribution in [1.29, 1.82) is 0 Å². The van der Waals surface area contributed by atoms with Crippen LogP contribution in [0.1, 0.15) is 88.5 Å². The molecule has 186 valence electrons. The molecule has 4 atom stereocenters. The molecule has 1 heterocycles. The van der Waals surface area contributed by atoms with Crippen LogP contribution in [-0.4, -0.2) is 45.8 Å². The molecule has 1 fully saturated rings. The van der Waals surface area contributed by atoms with E-state index in [-0.39, 0.29) is 25.0 Å². The summed E-state index contributed by atoms with van der Waals surface area (Å²) in [5.74, 6) is -0.286. The Labute approximate surface area is 194 Å². The Balaban J connectivity index is 1.79. The van der Waals surface area contributed by atoms with E-state index in [1.165, 1.54) is 11.0 Å². The molecule has 8 heteroatoms. The number of carbonyl (C=O) groups excluding carboxylic acids is 1. The Morgan fingerprint density at radius 2 is 1.94 bits per heavy atom. The Morgan fingerprint density at radius 1 is 1.27 bits per heavy atom. The minimum atomic E-state index is -4.50. The first kappa shape index (κ1) is 26.0. The number of nitrogens with one attached hydrogen (secondary N) is 1. The van der Waals surface area contributed by atoms with Gasteiger partial charge in [-0.2, -0.15) is 13.2 Å². The summed E-state index contributed by atoms with van der Waals surface area (Å²) in [5.41, 5.74) is -1.07. The second kappa shape index (κ2) is 10.3. The maximum Gasteiger partial charge on any atom is 0.416 e. The van der Waals surface area contributed by atoms with E-state index in [4.69, 9.17) is 0 Å². The first-order valence-corrected chi connectivity index (χ1v) is 12.1. The summed E-state index contributed by atoms with van der Waals surface area (Å²) in [7, 11) is 0. The number of fused-ring (bicyclic) bond motifs is 1. The third-order valence-electron chi connectivity index (χ3n) is 7.39. The monoisotopic (exact) mass is 470 g/mol. The zero-order chi connectivity index (χ0) is 24.4. The van der Waals surface area contributed by atoms with E-state index in [0.29, 0.717) is 30.0 Å².